The zero-order chi connectivity index (χ0) is 10.1. The monoisotopic (exact) mass is 192 g/mol. The molecule has 1 aromatic carbocycles. The quantitative estimate of drug-likeness (QED) is 0.714. The Hall–Kier alpha value is -1.23. The molecule has 0 bridgehead atoms. The number of halogens is 3. The van der Waals surface area contributed by atoms with Gasteiger partial charge in [-0.3, -0.25) is 0 Å². The first kappa shape index (κ1) is 9.85. The van der Waals surface area contributed by atoms with E-state index in [1.807, 2.05) is 0 Å². The largest absolute Gasteiger partial charge is 0.508 e. The first-order valence-corrected chi connectivity index (χ1v) is 3.45. The molecule has 0 aliphatic heterocycles. The highest BCUT2D eigenvalue weighted by Crippen LogP contribution is 2.33. The molecule has 1 atom stereocenters. The van der Waals surface area contributed by atoms with Gasteiger partial charge in [0.2, 0.25) is 0 Å². The second kappa shape index (κ2) is 3.26. The van der Waals surface area contributed by atoms with E-state index < -0.39 is 12.3 Å². The molecule has 0 saturated heterocycles. The molecule has 5 heteroatoms. The van der Waals surface area contributed by atoms with E-state index in [0.29, 0.717) is 0 Å². The van der Waals surface area contributed by atoms with Gasteiger partial charge in [-0.25, -0.2) is 0 Å². The average molecular weight is 192 g/mol. The van der Waals surface area contributed by atoms with Crippen LogP contribution in [-0.2, 0) is 0 Å². The molecule has 2 nitrogen and oxygen atoms in total. The fourth-order valence-electron chi connectivity index (χ4n) is 0.884. The van der Waals surface area contributed by atoms with Crippen LogP contribution in [0.5, 0.6) is 5.75 Å². The van der Waals surface area contributed by atoms with Crippen LogP contribution in [-0.4, -0.2) is 16.4 Å². The fraction of sp³-hybridized carbons (Fsp3) is 0.250. The maximum atomic E-state index is 11.9. The van der Waals surface area contributed by atoms with Crippen molar-refractivity contribution >= 4 is 0 Å². The van der Waals surface area contributed by atoms with Crippen molar-refractivity contribution in [1.82, 2.24) is 0 Å². The van der Waals surface area contributed by atoms with Gasteiger partial charge < -0.3 is 10.2 Å². The number of rotatable bonds is 1. The van der Waals surface area contributed by atoms with Gasteiger partial charge in [-0.05, 0) is 17.7 Å². The second-order valence-electron chi connectivity index (χ2n) is 2.54. The van der Waals surface area contributed by atoms with Crippen LogP contribution in [0.1, 0.15) is 11.7 Å². The van der Waals surface area contributed by atoms with Crippen molar-refractivity contribution < 1.29 is 23.4 Å². The lowest BCUT2D eigenvalue weighted by Gasteiger charge is -2.14. The smallest absolute Gasteiger partial charge is 0.418 e. The minimum absolute atomic E-state index is 0.305. The first-order valence-electron chi connectivity index (χ1n) is 3.45. The summed E-state index contributed by atoms with van der Waals surface area (Å²) in [6, 6.07) is 4.43. The predicted molar refractivity (Wildman–Crippen MR) is 39.1 cm³/mol. The molecular formula is C8H7F3O2. The number of alkyl halides is 3. The Balaban J connectivity index is 2.96. The van der Waals surface area contributed by atoms with Crippen LogP contribution >= 0.6 is 0 Å². The van der Waals surface area contributed by atoms with Crippen molar-refractivity contribution in [3.63, 3.8) is 0 Å². The first-order chi connectivity index (χ1) is 5.91. The van der Waals surface area contributed by atoms with Crippen molar-refractivity contribution in [3.05, 3.63) is 29.8 Å². The summed E-state index contributed by atoms with van der Waals surface area (Å²) in [5.41, 5.74) is -0.368. The molecule has 0 fully saturated rings. The molecule has 0 radical (unpaired) electrons. The molecule has 72 valence electrons. The van der Waals surface area contributed by atoms with E-state index in [2.05, 4.69) is 0 Å². The van der Waals surface area contributed by atoms with Gasteiger partial charge in [0.15, 0.2) is 6.10 Å². The summed E-state index contributed by atoms with van der Waals surface area (Å²) in [5.74, 6) is -0.305. The van der Waals surface area contributed by atoms with E-state index in [0.717, 1.165) is 12.1 Å². The molecule has 0 aromatic heterocycles. The molecular weight excluding hydrogens is 185 g/mol. The number of aromatic hydroxyl groups is 1. The third-order valence-corrected chi connectivity index (χ3v) is 1.50. The lowest BCUT2D eigenvalue weighted by atomic mass is 10.1. The van der Waals surface area contributed by atoms with E-state index in [-0.39, 0.29) is 11.3 Å². The molecule has 0 saturated carbocycles. The van der Waals surface area contributed by atoms with Gasteiger partial charge in [0.25, 0.3) is 0 Å². The van der Waals surface area contributed by atoms with Crippen molar-refractivity contribution in [2.45, 2.75) is 12.3 Å². The maximum Gasteiger partial charge on any atom is 0.418 e. The van der Waals surface area contributed by atoms with Crippen LogP contribution in [0, 0.1) is 0 Å². The number of aliphatic hydroxyl groups is 1. The summed E-state index contributed by atoms with van der Waals surface area (Å²) < 4.78 is 35.8. The number of benzene rings is 1. The van der Waals surface area contributed by atoms with Crippen LogP contribution in [0.2, 0.25) is 0 Å². The van der Waals surface area contributed by atoms with Gasteiger partial charge in [0.05, 0.1) is 0 Å². The van der Waals surface area contributed by atoms with Gasteiger partial charge in [-0.2, -0.15) is 13.2 Å². The summed E-state index contributed by atoms with van der Waals surface area (Å²) >= 11 is 0. The van der Waals surface area contributed by atoms with E-state index in [9.17, 15) is 13.2 Å². The Morgan fingerprint density at radius 2 is 1.85 bits per heavy atom. The number of phenolic OH excluding ortho intramolecular Hbond substituents is 1. The van der Waals surface area contributed by atoms with Gasteiger partial charge in [0, 0.05) is 0 Å². The van der Waals surface area contributed by atoms with Crippen molar-refractivity contribution in [2.75, 3.05) is 0 Å². The summed E-state index contributed by atoms with van der Waals surface area (Å²) in [7, 11) is 0. The number of phenols is 1. The Bertz CT molecular complexity index is 296. The molecule has 1 rings (SSSR count). The minimum Gasteiger partial charge on any atom is -0.508 e. The minimum atomic E-state index is -4.70. The van der Waals surface area contributed by atoms with Crippen LogP contribution in [0.15, 0.2) is 24.3 Å². The molecule has 2 N–H and O–H groups in total. The molecule has 13 heavy (non-hydrogen) atoms. The average Bonchev–Trinajstić information content (AvgIpc) is 2.01. The van der Waals surface area contributed by atoms with E-state index >= 15 is 0 Å². The number of hydrogen-bond donors (Lipinski definition) is 2. The van der Waals surface area contributed by atoms with Crippen LogP contribution in [0.4, 0.5) is 13.2 Å². The Morgan fingerprint density at radius 3 is 2.31 bits per heavy atom. The van der Waals surface area contributed by atoms with E-state index in [4.69, 9.17) is 10.2 Å². The van der Waals surface area contributed by atoms with E-state index in [1.165, 1.54) is 12.1 Å². The van der Waals surface area contributed by atoms with Crippen molar-refractivity contribution in [1.29, 1.82) is 0 Å². The lowest BCUT2D eigenvalue weighted by Crippen LogP contribution is -2.19. The topological polar surface area (TPSA) is 40.5 Å². The summed E-state index contributed by atoms with van der Waals surface area (Å²) in [6.45, 7) is 0. The molecule has 0 aliphatic rings. The maximum absolute atomic E-state index is 11.9. The third kappa shape index (κ3) is 2.35. The van der Waals surface area contributed by atoms with Gasteiger partial charge >= 0.3 is 6.18 Å². The van der Waals surface area contributed by atoms with Crippen LogP contribution in [0.25, 0.3) is 0 Å². The highest BCUT2D eigenvalue weighted by Gasteiger charge is 2.39. The predicted octanol–water partition coefficient (Wildman–Crippen LogP) is 1.99. The SMILES string of the molecule is Oc1cccc([C@@H](O)C(F)(F)F)c1. The Morgan fingerprint density at radius 1 is 1.23 bits per heavy atom. The Kier molecular flexibility index (Phi) is 2.47. The number of aliphatic hydroxyl groups excluding tert-OH is 1. The second-order valence-corrected chi connectivity index (χ2v) is 2.54. The van der Waals surface area contributed by atoms with Gasteiger partial charge in [0.1, 0.15) is 5.75 Å². The highest BCUT2D eigenvalue weighted by molar-refractivity contribution is 5.29. The normalized spacial score (nSPS) is 14.2. The van der Waals surface area contributed by atoms with Gasteiger partial charge in [-0.1, -0.05) is 12.1 Å². The van der Waals surface area contributed by atoms with Crippen LogP contribution < -0.4 is 0 Å². The van der Waals surface area contributed by atoms with Crippen LogP contribution in [0.3, 0.4) is 0 Å². The van der Waals surface area contributed by atoms with Crippen molar-refractivity contribution in [2.24, 2.45) is 0 Å². The summed E-state index contributed by atoms with van der Waals surface area (Å²) in [5, 5.41) is 17.6. The third-order valence-electron chi connectivity index (χ3n) is 1.50. The lowest BCUT2D eigenvalue weighted by molar-refractivity contribution is -0.206. The zero-order valence-corrected chi connectivity index (χ0v) is 6.42. The van der Waals surface area contributed by atoms with E-state index in [1.54, 1.807) is 0 Å². The molecule has 0 amide bonds. The fourth-order valence-corrected chi connectivity index (χ4v) is 0.884. The molecule has 0 spiro atoms. The Labute approximate surface area is 72.2 Å². The van der Waals surface area contributed by atoms with Gasteiger partial charge in [-0.15, -0.1) is 0 Å². The molecule has 1 aromatic rings. The summed E-state index contributed by atoms with van der Waals surface area (Å²) in [6.07, 6.45) is -7.24. The molecule has 0 aliphatic carbocycles. The zero-order valence-electron chi connectivity index (χ0n) is 6.42. The standard InChI is InChI=1S/C8H7F3O2/c9-8(10,11)7(13)5-2-1-3-6(12)4-5/h1-4,7,12-13H/t7-/m1/s1. The number of hydrogen-bond acceptors (Lipinski definition) is 2. The van der Waals surface area contributed by atoms with Crippen molar-refractivity contribution in [3.8, 4) is 5.75 Å². The summed E-state index contributed by atoms with van der Waals surface area (Å²) in [4.78, 5) is 0. The molecule has 0 unspecified atom stereocenters. The highest BCUT2D eigenvalue weighted by atomic mass is 19.4. The molecule has 0 heterocycles.